The van der Waals surface area contributed by atoms with Gasteiger partial charge in [0.1, 0.15) is 11.0 Å². The maximum Gasteiger partial charge on any atom is 0.227 e. The van der Waals surface area contributed by atoms with Crippen molar-refractivity contribution in [2.24, 2.45) is 0 Å². The Hall–Kier alpha value is -7.18. The van der Waals surface area contributed by atoms with E-state index in [1.807, 2.05) is 97.1 Å². The molecular weight excluding hydrogens is 641 g/mol. The summed E-state index contributed by atoms with van der Waals surface area (Å²) in [5.74, 6) is 1.22. The van der Waals surface area contributed by atoms with Gasteiger partial charge in [-0.1, -0.05) is 109 Å². The Morgan fingerprint density at radius 2 is 0.635 bits per heavy atom. The molecule has 0 radical (unpaired) electrons. The van der Waals surface area contributed by atoms with Gasteiger partial charge in [0, 0.05) is 22.3 Å². The summed E-state index contributed by atoms with van der Waals surface area (Å²) in [6, 6.07) is 57.2. The van der Waals surface area contributed by atoms with E-state index in [1.54, 1.807) is 0 Å². The van der Waals surface area contributed by atoms with Crippen molar-refractivity contribution in [3.63, 3.8) is 0 Å². The molecule has 6 heteroatoms. The second kappa shape index (κ2) is 12.3. The Labute approximate surface area is 298 Å². The number of hydrogen-bond acceptors (Lipinski definition) is 6. The quantitative estimate of drug-likeness (QED) is 0.175. The predicted molar refractivity (Wildman–Crippen MR) is 207 cm³/mol. The molecular formula is C46H28N4O2. The molecule has 0 aliphatic heterocycles. The zero-order valence-corrected chi connectivity index (χ0v) is 27.8. The maximum absolute atomic E-state index is 6.05. The van der Waals surface area contributed by atoms with Crippen LogP contribution in [0.4, 0.5) is 0 Å². The van der Waals surface area contributed by atoms with E-state index in [4.69, 9.17) is 28.8 Å². The largest absolute Gasteiger partial charge is 0.436 e. The zero-order chi connectivity index (χ0) is 34.4. The molecule has 0 saturated heterocycles. The molecule has 3 heterocycles. The minimum absolute atomic E-state index is 0.609. The summed E-state index contributed by atoms with van der Waals surface area (Å²) in [6.07, 6.45) is 0. The number of benzene rings is 7. The molecule has 3 aromatic heterocycles. The lowest BCUT2D eigenvalue weighted by Gasteiger charge is -2.12. The van der Waals surface area contributed by atoms with Crippen LogP contribution < -0.4 is 0 Å². The zero-order valence-electron chi connectivity index (χ0n) is 27.8. The molecule has 0 bridgehead atoms. The Balaban J connectivity index is 0.981. The van der Waals surface area contributed by atoms with Gasteiger partial charge in [-0.3, -0.25) is 0 Å². The molecule has 0 unspecified atom stereocenters. The lowest BCUT2D eigenvalue weighted by atomic mass is 9.97. The van der Waals surface area contributed by atoms with Gasteiger partial charge in [-0.2, -0.15) is 0 Å². The fourth-order valence-corrected chi connectivity index (χ4v) is 6.70. The van der Waals surface area contributed by atoms with Crippen LogP contribution in [-0.4, -0.2) is 19.9 Å². The van der Waals surface area contributed by atoms with Crippen molar-refractivity contribution in [3.05, 3.63) is 170 Å². The fourth-order valence-electron chi connectivity index (χ4n) is 6.70. The third-order valence-electron chi connectivity index (χ3n) is 9.36. The van der Waals surface area contributed by atoms with Crippen LogP contribution in [0.5, 0.6) is 0 Å². The molecule has 10 aromatic rings. The van der Waals surface area contributed by atoms with E-state index >= 15 is 0 Å². The van der Waals surface area contributed by atoms with Crippen LogP contribution in [0.15, 0.2) is 179 Å². The van der Waals surface area contributed by atoms with Crippen molar-refractivity contribution in [2.75, 3.05) is 0 Å². The highest BCUT2D eigenvalue weighted by Crippen LogP contribution is 2.35. The van der Waals surface area contributed by atoms with Gasteiger partial charge >= 0.3 is 0 Å². The number of hydrogen-bond donors (Lipinski definition) is 0. The molecule has 52 heavy (non-hydrogen) atoms. The normalized spacial score (nSPS) is 11.5. The minimum atomic E-state index is 0.609. The number of aromatic nitrogens is 4. The molecule has 244 valence electrons. The monoisotopic (exact) mass is 668 g/mol. The van der Waals surface area contributed by atoms with Crippen LogP contribution in [0.3, 0.4) is 0 Å². The summed E-state index contributed by atoms with van der Waals surface area (Å²) >= 11 is 0. The van der Waals surface area contributed by atoms with E-state index in [0.29, 0.717) is 11.8 Å². The van der Waals surface area contributed by atoms with E-state index in [1.165, 1.54) is 0 Å². The van der Waals surface area contributed by atoms with Crippen LogP contribution in [0, 0.1) is 0 Å². The fraction of sp³-hybridized carbons (Fsp3) is 0. The summed E-state index contributed by atoms with van der Waals surface area (Å²) in [6.45, 7) is 0. The van der Waals surface area contributed by atoms with Crippen molar-refractivity contribution >= 4 is 33.2 Å². The maximum atomic E-state index is 6.05. The molecule has 0 aliphatic rings. The first kappa shape index (κ1) is 29.7. The van der Waals surface area contributed by atoms with E-state index in [2.05, 4.69) is 72.8 Å². The molecule has 0 amide bonds. The summed E-state index contributed by atoms with van der Waals surface area (Å²) in [5, 5.41) is 0. The Kier molecular flexibility index (Phi) is 7.03. The molecule has 0 N–H and O–H groups in total. The molecule has 0 atom stereocenters. The van der Waals surface area contributed by atoms with Gasteiger partial charge in [0.05, 0.1) is 22.4 Å². The Morgan fingerprint density at radius 3 is 1.06 bits per heavy atom. The molecule has 6 nitrogen and oxygen atoms in total. The van der Waals surface area contributed by atoms with Crippen molar-refractivity contribution in [2.45, 2.75) is 0 Å². The van der Waals surface area contributed by atoms with E-state index in [9.17, 15) is 0 Å². The highest BCUT2D eigenvalue weighted by atomic mass is 16.4. The van der Waals surface area contributed by atoms with Crippen LogP contribution in [0.2, 0.25) is 0 Å². The van der Waals surface area contributed by atoms with Gasteiger partial charge in [-0.25, -0.2) is 19.9 Å². The second-order valence-corrected chi connectivity index (χ2v) is 12.7. The first-order valence-electron chi connectivity index (χ1n) is 17.1. The SMILES string of the molecule is c1cc(-c2ccc(-c3nc4ccccc4nc3-c3ccc(-c4cccc(-c5nc6ccccc6o5)c4)cc3)cc2)cc(-c2nc3ccccc3o2)c1. The van der Waals surface area contributed by atoms with Gasteiger partial charge in [-0.15, -0.1) is 0 Å². The number of nitrogens with zero attached hydrogens (tertiary/aromatic N) is 4. The summed E-state index contributed by atoms with van der Waals surface area (Å²) < 4.78 is 12.1. The molecule has 0 aliphatic carbocycles. The predicted octanol–water partition coefficient (Wildman–Crippen LogP) is 11.9. The summed E-state index contributed by atoms with van der Waals surface area (Å²) in [5.41, 5.74) is 14.8. The Morgan fingerprint density at radius 1 is 0.269 bits per heavy atom. The molecule has 10 rings (SSSR count). The number of para-hydroxylation sites is 6. The molecule has 0 fully saturated rings. The average Bonchev–Trinajstić information content (AvgIpc) is 3.86. The lowest BCUT2D eigenvalue weighted by Crippen LogP contribution is -1.95. The smallest absolute Gasteiger partial charge is 0.227 e. The van der Waals surface area contributed by atoms with Gasteiger partial charge < -0.3 is 8.83 Å². The third kappa shape index (κ3) is 5.39. The van der Waals surface area contributed by atoms with Crippen molar-refractivity contribution in [3.8, 4) is 67.7 Å². The lowest BCUT2D eigenvalue weighted by molar-refractivity contribution is 0.619. The number of oxazole rings is 2. The van der Waals surface area contributed by atoms with Crippen molar-refractivity contribution < 1.29 is 8.83 Å². The van der Waals surface area contributed by atoms with Gasteiger partial charge in [0.15, 0.2) is 11.2 Å². The summed E-state index contributed by atoms with van der Waals surface area (Å²) in [4.78, 5) is 19.7. The average molecular weight is 669 g/mol. The highest BCUT2D eigenvalue weighted by molar-refractivity contribution is 5.88. The first-order chi connectivity index (χ1) is 25.7. The third-order valence-corrected chi connectivity index (χ3v) is 9.36. The van der Waals surface area contributed by atoms with Crippen molar-refractivity contribution in [1.29, 1.82) is 0 Å². The van der Waals surface area contributed by atoms with Crippen molar-refractivity contribution in [1.82, 2.24) is 19.9 Å². The van der Waals surface area contributed by atoms with Crippen LogP contribution in [0.1, 0.15) is 0 Å². The van der Waals surface area contributed by atoms with E-state index < -0.39 is 0 Å². The van der Waals surface area contributed by atoms with E-state index in [-0.39, 0.29) is 0 Å². The highest BCUT2D eigenvalue weighted by Gasteiger charge is 2.16. The van der Waals surface area contributed by atoms with Gasteiger partial charge in [-0.05, 0) is 82.9 Å². The second-order valence-electron chi connectivity index (χ2n) is 12.7. The van der Waals surface area contributed by atoms with Gasteiger partial charge in [0.25, 0.3) is 0 Å². The standard InChI is InChI=1S/C46H28N4O2/c1-2-14-38-37(13-1)47-43(31-23-19-29(20-24-31)33-9-7-11-35(27-33)45-49-39-15-3-5-17-41(39)51-45)44(48-38)32-25-21-30(22-26-32)34-10-8-12-36(28-34)46-50-40-16-4-6-18-42(40)52-46/h1-28H. The summed E-state index contributed by atoms with van der Waals surface area (Å²) in [7, 11) is 0. The first-order valence-corrected chi connectivity index (χ1v) is 17.1. The van der Waals surface area contributed by atoms with Crippen LogP contribution in [0.25, 0.3) is 101 Å². The molecule has 0 spiro atoms. The topological polar surface area (TPSA) is 77.8 Å². The van der Waals surface area contributed by atoms with Gasteiger partial charge in [0.2, 0.25) is 11.8 Å². The number of fused-ring (bicyclic) bond motifs is 3. The van der Waals surface area contributed by atoms with Crippen LogP contribution >= 0.6 is 0 Å². The molecule has 0 saturated carbocycles. The minimum Gasteiger partial charge on any atom is -0.436 e. The molecule has 7 aromatic carbocycles. The Bertz CT molecular complexity index is 2640. The van der Waals surface area contributed by atoms with Crippen LogP contribution in [-0.2, 0) is 0 Å². The van der Waals surface area contributed by atoms with E-state index in [0.717, 1.165) is 89.1 Å². The number of rotatable bonds is 6.